The second-order valence-electron chi connectivity index (χ2n) is 7.50. The standard InChI is InChI=1S/C23H14Cl2F3N3O8S/c24-17-9-13(12-29)1-4-19(17)30-40(35,36)38-8-7-37-22(32)16-11-15(3-5-20(16)31(33)34)39-21-6-2-14(10-18(21)25)23(26,27)28/h1-6,9-11,30H,7-8H2. The maximum Gasteiger partial charge on any atom is 0.416 e. The number of carbonyl (C=O) groups excluding carboxylic acids is 1. The Morgan fingerprint density at radius 1 is 1.05 bits per heavy atom. The molecule has 3 aromatic rings. The number of benzene rings is 3. The Balaban J connectivity index is 1.66. The normalized spacial score (nSPS) is 11.4. The molecule has 0 fully saturated rings. The van der Waals surface area contributed by atoms with Crippen LogP contribution in [0.15, 0.2) is 54.6 Å². The van der Waals surface area contributed by atoms with Crippen LogP contribution >= 0.6 is 23.2 Å². The molecular weight excluding hydrogens is 606 g/mol. The molecule has 0 aromatic heterocycles. The Morgan fingerprint density at radius 2 is 1.77 bits per heavy atom. The maximum absolute atomic E-state index is 12.8. The number of anilines is 1. The van der Waals surface area contributed by atoms with Gasteiger partial charge in [0.05, 0.1) is 37.9 Å². The predicted octanol–water partition coefficient (Wildman–Crippen LogP) is 6.11. The van der Waals surface area contributed by atoms with Gasteiger partial charge in [-0.3, -0.25) is 19.0 Å². The summed E-state index contributed by atoms with van der Waals surface area (Å²) in [5.74, 6) is -1.67. The summed E-state index contributed by atoms with van der Waals surface area (Å²) >= 11 is 11.8. The summed E-state index contributed by atoms with van der Waals surface area (Å²) in [7, 11) is -4.44. The van der Waals surface area contributed by atoms with Gasteiger partial charge in [0.15, 0.2) is 0 Å². The molecule has 0 unspecified atom stereocenters. The Labute approximate surface area is 234 Å². The van der Waals surface area contributed by atoms with Crippen LogP contribution in [0.5, 0.6) is 11.5 Å². The first kappa shape index (κ1) is 30.4. The monoisotopic (exact) mass is 619 g/mol. The first-order valence-electron chi connectivity index (χ1n) is 10.6. The largest absolute Gasteiger partial charge is 0.459 e. The number of nitro benzene ring substituents is 1. The molecule has 0 saturated heterocycles. The zero-order chi connectivity index (χ0) is 29.7. The topological polar surface area (TPSA) is 158 Å². The first-order chi connectivity index (χ1) is 18.7. The van der Waals surface area contributed by atoms with E-state index in [1.807, 2.05) is 10.8 Å². The van der Waals surface area contributed by atoms with E-state index < -0.39 is 62.4 Å². The quantitative estimate of drug-likeness (QED) is 0.122. The van der Waals surface area contributed by atoms with Gasteiger partial charge in [0.25, 0.3) is 5.69 Å². The van der Waals surface area contributed by atoms with Crippen LogP contribution in [0.4, 0.5) is 24.5 Å². The number of hydrogen-bond acceptors (Lipinski definition) is 9. The van der Waals surface area contributed by atoms with Crippen LogP contribution in [0, 0.1) is 21.4 Å². The maximum atomic E-state index is 12.8. The zero-order valence-corrected chi connectivity index (χ0v) is 21.9. The molecule has 0 saturated carbocycles. The van der Waals surface area contributed by atoms with Gasteiger partial charge in [0.1, 0.15) is 30.3 Å². The van der Waals surface area contributed by atoms with E-state index in [-0.39, 0.29) is 27.8 Å². The van der Waals surface area contributed by atoms with Gasteiger partial charge < -0.3 is 9.47 Å². The van der Waals surface area contributed by atoms with E-state index >= 15 is 0 Å². The molecule has 3 rings (SSSR count). The number of ether oxygens (including phenoxy) is 2. The van der Waals surface area contributed by atoms with Gasteiger partial charge in [-0.1, -0.05) is 23.2 Å². The summed E-state index contributed by atoms with van der Waals surface area (Å²) in [6, 6.07) is 10.7. The van der Waals surface area contributed by atoms with Crippen LogP contribution in [0.25, 0.3) is 0 Å². The molecule has 0 aliphatic carbocycles. The van der Waals surface area contributed by atoms with Crippen LogP contribution in [-0.4, -0.2) is 32.5 Å². The summed E-state index contributed by atoms with van der Waals surface area (Å²) in [4.78, 5) is 23.0. The van der Waals surface area contributed by atoms with Crippen molar-refractivity contribution in [2.45, 2.75) is 6.18 Å². The third kappa shape index (κ3) is 7.96. The van der Waals surface area contributed by atoms with Gasteiger partial charge in [-0.2, -0.15) is 26.9 Å². The van der Waals surface area contributed by atoms with E-state index in [9.17, 15) is 36.5 Å². The molecule has 1 N–H and O–H groups in total. The van der Waals surface area contributed by atoms with E-state index in [1.165, 1.54) is 18.2 Å². The molecule has 0 aliphatic rings. The number of carbonyl (C=O) groups is 1. The van der Waals surface area contributed by atoms with Gasteiger partial charge >= 0.3 is 22.4 Å². The summed E-state index contributed by atoms with van der Waals surface area (Å²) < 4.78 is 79.7. The van der Waals surface area contributed by atoms with Crippen LogP contribution in [-0.2, 0) is 25.4 Å². The Kier molecular flexibility index (Phi) is 9.43. The van der Waals surface area contributed by atoms with Crippen LogP contribution in [0.3, 0.4) is 0 Å². The number of nitro groups is 1. The smallest absolute Gasteiger partial charge is 0.416 e. The Bertz CT molecular complexity index is 1610. The highest BCUT2D eigenvalue weighted by atomic mass is 35.5. The van der Waals surface area contributed by atoms with Gasteiger partial charge in [0.2, 0.25) is 0 Å². The molecule has 0 radical (unpaired) electrons. The Morgan fingerprint density at radius 3 is 2.38 bits per heavy atom. The van der Waals surface area contributed by atoms with Crippen molar-refractivity contribution >= 4 is 50.9 Å². The third-order valence-electron chi connectivity index (χ3n) is 4.76. The average Bonchev–Trinajstić information content (AvgIpc) is 2.88. The minimum atomic E-state index is -4.65. The van der Waals surface area contributed by atoms with Crippen molar-refractivity contribution in [3.63, 3.8) is 0 Å². The van der Waals surface area contributed by atoms with Crippen molar-refractivity contribution < 1.29 is 45.0 Å². The molecular formula is C23H14Cl2F3N3O8S. The lowest BCUT2D eigenvalue weighted by molar-refractivity contribution is -0.385. The molecule has 210 valence electrons. The minimum Gasteiger partial charge on any atom is -0.459 e. The predicted molar refractivity (Wildman–Crippen MR) is 135 cm³/mol. The van der Waals surface area contributed by atoms with E-state index in [0.29, 0.717) is 12.1 Å². The van der Waals surface area contributed by atoms with Crippen LogP contribution in [0.1, 0.15) is 21.5 Å². The van der Waals surface area contributed by atoms with Crippen molar-refractivity contribution in [1.29, 1.82) is 5.26 Å². The van der Waals surface area contributed by atoms with E-state index in [1.54, 1.807) is 0 Å². The highest BCUT2D eigenvalue weighted by molar-refractivity contribution is 7.88. The number of nitrogens with one attached hydrogen (secondary N) is 1. The van der Waals surface area contributed by atoms with Crippen molar-refractivity contribution in [1.82, 2.24) is 0 Å². The molecule has 11 nitrogen and oxygen atoms in total. The number of nitriles is 1. The summed E-state index contributed by atoms with van der Waals surface area (Å²) in [6.07, 6.45) is -4.65. The number of esters is 1. The highest BCUT2D eigenvalue weighted by Crippen LogP contribution is 2.37. The molecule has 3 aromatic carbocycles. The lowest BCUT2D eigenvalue weighted by Gasteiger charge is -2.12. The molecule has 0 aliphatic heterocycles. The molecule has 0 amide bonds. The summed E-state index contributed by atoms with van der Waals surface area (Å²) in [6.45, 7) is -1.35. The van der Waals surface area contributed by atoms with E-state index in [4.69, 9.17) is 37.9 Å². The number of rotatable bonds is 10. The Hall–Kier alpha value is -4.10. The van der Waals surface area contributed by atoms with Crippen molar-refractivity contribution in [2.75, 3.05) is 17.9 Å². The first-order valence-corrected chi connectivity index (χ1v) is 12.7. The van der Waals surface area contributed by atoms with E-state index in [0.717, 1.165) is 24.3 Å². The number of halogens is 5. The van der Waals surface area contributed by atoms with Gasteiger partial charge in [0, 0.05) is 12.1 Å². The van der Waals surface area contributed by atoms with Gasteiger partial charge in [-0.25, -0.2) is 4.79 Å². The average molecular weight is 620 g/mol. The molecule has 0 bridgehead atoms. The van der Waals surface area contributed by atoms with Gasteiger partial charge in [-0.05, 0) is 42.5 Å². The van der Waals surface area contributed by atoms with E-state index in [2.05, 4.69) is 4.18 Å². The SMILES string of the molecule is N#Cc1ccc(NS(=O)(=O)OCCOC(=O)c2cc(Oc3ccc(C(F)(F)F)cc3Cl)ccc2[N+](=O)[O-])c(Cl)c1. The number of alkyl halides is 3. The van der Waals surface area contributed by atoms with Crippen LogP contribution in [0.2, 0.25) is 10.0 Å². The fourth-order valence-corrected chi connectivity index (χ4v) is 4.27. The summed E-state index contributed by atoms with van der Waals surface area (Å²) in [5, 5.41) is 19.7. The molecule has 40 heavy (non-hydrogen) atoms. The van der Waals surface area contributed by atoms with Crippen molar-refractivity contribution in [3.05, 3.63) is 91.4 Å². The minimum absolute atomic E-state index is 0.0790. The lowest BCUT2D eigenvalue weighted by atomic mass is 10.1. The second-order valence-corrected chi connectivity index (χ2v) is 9.66. The van der Waals surface area contributed by atoms with Gasteiger partial charge in [-0.15, -0.1) is 0 Å². The van der Waals surface area contributed by atoms with Crippen LogP contribution < -0.4 is 9.46 Å². The number of nitrogens with zero attached hydrogens (tertiary/aromatic N) is 2. The second kappa shape index (κ2) is 12.4. The fourth-order valence-electron chi connectivity index (χ4n) is 2.98. The third-order valence-corrected chi connectivity index (χ3v) is 6.31. The van der Waals surface area contributed by atoms with Crippen molar-refractivity contribution in [3.8, 4) is 17.6 Å². The molecule has 17 heteroatoms. The molecule has 0 heterocycles. The molecule has 0 atom stereocenters. The lowest BCUT2D eigenvalue weighted by Crippen LogP contribution is -2.20. The highest BCUT2D eigenvalue weighted by Gasteiger charge is 2.31. The molecule has 0 spiro atoms. The summed E-state index contributed by atoms with van der Waals surface area (Å²) in [5.41, 5.74) is -2.22. The number of hydrogen-bond donors (Lipinski definition) is 1. The zero-order valence-electron chi connectivity index (χ0n) is 19.6. The van der Waals surface area contributed by atoms with Crippen molar-refractivity contribution in [2.24, 2.45) is 0 Å². The fraction of sp³-hybridized carbons (Fsp3) is 0.130.